The normalized spacial score (nSPS) is 11.1. The molecular weight excluding hydrogens is 511 g/mol. The zero-order valence-electron chi connectivity index (χ0n) is 12.0. The van der Waals surface area contributed by atoms with Crippen LogP contribution in [0.3, 0.4) is 0 Å². The van der Waals surface area contributed by atoms with Crippen molar-refractivity contribution < 1.29 is 18.0 Å². The zero-order valence-corrected chi connectivity index (χ0v) is 16.5. The lowest BCUT2D eigenvalue weighted by Gasteiger charge is -2.16. The SMILES string of the molecule is O=C(NC(=S)Nc1ccc(I)cc1C(F)(F)F)c1cc(Cl)ccc1Cl. The number of carbonyl (C=O) groups is 1. The van der Waals surface area contributed by atoms with Crippen LogP contribution in [0.4, 0.5) is 18.9 Å². The number of hydrogen-bond donors (Lipinski definition) is 2. The predicted octanol–water partition coefficient (Wildman–Crippen LogP) is 5.74. The minimum atomic E-state index is -4.57. The summed E-state index contributed by atoms with van der Waals surface area (Å²) in [6.45, 7) is 0. The van der Waals surface area contributed by atoms with Gasteiger partial charge in [-0.1, -0.05) is 23.2 Å². The average molecular weight is 519 g/mol. The molecule has 0 aliphatic heterocycles. The van der Waals surface area contributed by atoms with Gasteiger partial charge in [0.1, 0.15) is 0 Å². The number of nitrogens with one attached hydrogen (secondary N) is 2. The van der Waals surface area contributed by atoms with E-state index in [9.17, 15) is 18.0 Å². The third kappa shape index (κ3) is 5.44. The van der Waals surface area contributed by atoms with E-state index in [0.717, 1.165) is 6.07 Å². The molecule has 0 spiro atoms. The van der Waals surface area contributed by atoms with Gasteiger partial charge >= 0.3 is 6.18 Å². The number of rotatable bonds is 2. The Morgan fingerprint density at radius 3 is 2.44 bits per heavy atom. The third-order valence-corrected chi connectivity index (χ3v) is 4.38. The van der Waals surface area contributed by atoms with Crippen LogP contribution in [-0.4, -0.2) is 11.0 Å². The first-order valence-corrected chi connectivity index (χ1v) is 8.76. The summed E-state index contributed by atoms with van der Waals surface area (Å²) in [7, 11) is 0. The van der Waals surface area contributed by atoms with Crippen LogP contribution in [0.5, 0.6) is 0 Å². The lowest BCUT2D eigenvalue weighted by molar-refractivity contribution is -0.137. The molecule has 132 valence electrons. The minimum absolute atomic E-state index is 0.0528. The van der Waals surface area contributed by atoms with Gasteiger partial charge in [-0.3, -0.25) is 10.1 Å². The molecule has 10 heteroatoms. The van der Waals surface area contributed by atoms with Gasteiger partial charge < -0.3 is 5.32 Å². The molecule has 0 heterocycles. The molecule has 0 aliphatic rings. The van der Waals surface area contributed by atoms with Crippen LogP contribution >= 0.6 is 58.0 Å². The molecular formula is C15H8Cl2F3IN2OS. The highest BCUT2D eigenvalue weighted by molar-refractivity contribution is 14.1. The second kappa shape index (κ2) is 8.07. The first kappa shape index (κ1) is 20.2. The van der Waals surface area contributed by atoms with Gasteiger partial charge in [-0.05, 0) is 71.2 Å². The van der Waals surface area contributed by atoms with Gasteiger partial charge in [0.05, 0.1) is 21.8 Å². The Bertz CT molecular complexity index is 846. The molecule has 0 fully saturated rings. The Morgan fingerprint density at radius 2 is 1.80 bits per heavy atom. The Hall–Kier alpha value is -1.10. The number of thiocarbonyl (C=S) groups is 1. The van der Waals surface area contributed by atoms with Crippen molar-refractivity contribution in [3.63, 3.8) is 0 Å². The van der Waals surface area contributed by atoms with E-state index in [1.54, 1.807) is 22.6 Å². The second-order valence-electron chi connectivity index (χ2n) is 4.72. The number of carbonyl (C=O) groups excluding carboxylic acids is 1. The molecule has 0 aromatic heterocycles. The van der Waals surface area contributed by atoms with Crippen LogP contribution in [0.25, 0.3) is 0 Å². The van der Waals surface area contributed by atoms with Crippen LogP contribution < -0.4 is 10.6 Å². The quantitative estimate of drug-likeness (QED) is 0.393. The molecule has 1 amide bonds. The molecule has 0 bridgehead atoms. The van der Waals surface area contributed by atoms with Crippen LogP contribution in [0.1, 0.15) is 15.9 Å². The summed E-state index contributed by atoms with van der Waals surface area (Å²) in [5.41, 5.74) is -1.11. The highest BCUT2D eigenvalue weighted by atomic mass is 127. The maximum Gasteiger partial charge on any atom is 0.418 e. The van der Waals surface area contributed by atoms with Gasteiger partial charge in [0.25, 0.3) is 5.91 Å². The Balaban J connectivity index is 2.18. The van der Waals surface area contributed by atoms with E-state index >= 15 is 0 Å². The topological polar surface area (TPSA) is 41.1 Å². The highest BCUT2D eigenvalue weighted by Gasteiger charge is 2.34. The van der Waals surface area contributed by atoms with Crippen LogP contribution in [0.15, 0.2) is 36.4 Å². The second-order valence-corrected chi connectivity index (χ2v) is 7.22. The standard InChI is InChI=1S/C15H8Cl2F3IN2OS/c16-7-1-3-11(17)9(5-7)13(24)23-14(25)22-12-4-2-8(21)6-10(12)15(18,19)20/h1-6H,(H2,22,23,24,25). The number of benzene rings is 2. The van der Waals surface area contributed by atoms with Gasteiger partial charge in [-0.15, -0.1) is 0 Å². The van der Waals surface area contributed by atoms with E-state index in [1.165, 1.54) is 30.3 Å². The smallest absolute Gasteiger partial charge is 0.332 e. The minimum Gasteiger partial charge on any atom is -0.332 e. The fourth-order valence-electron chi connectivity index (χ4n) is 1.86. The molecule has 2 rings (SSSR count). The van der Waals surface area contributed by atoms with E-state index in [1.807, 2.05) is 0 Å². The van der Waals surface area contributed by atoms with Crippen LogP contribution in [0, 0.1) is 3.57 Å². The van der Waals surface area contributed by atoms with Gasteiger partial charge in [-0.2, -0.15) is 13.2 Å². The summed E-state index contributed by atoms with van der Waals surface area (Å²) in [5.74, 6) is -0.691. The number of anilines is 1. The lowest BCUT2D eigenvalue weighted by atomic mass is 10.1. The Morgan fingerprint density at radius 1 is 1.12 bits per heavy atom. The van der Waals surface area contributed by atoms with E-state index in [0.29, 0.717) is 3.57 Å². The van der Waals surface area contributed by atoms with Gasteiger partial charge in [0, 0.05) is 8.59 Å². The summed E-state index contributed by atoms with van der Waals surface area (Å²) in [6.07, 6.45) is -4.57. The van der Waals surface area contributed by atoms with Crippen molar-refractivity contribution in [1.82, 2.24) is 5.32 Å². The van der Waals surface area contributed by atoms with Crippen LogP contribution in [0.2, 0.25) is 10.0 Å². The summed E-state index contributed by atoms with van der Waals surface area (Å²) in [6, 6.07) is 7.94. The molecule has 0 atom stereocenters. The molecule has 0 radical (unpaired) electrons. The van der Waals surface area contributed by atoms with E-state index < -0.39 is 17.6 Å². The molecule has 25 heavy (non-hydrogen) atoms. The van der Waals surface area contributed by atoms with Crippen LogP contribution in [-0.2, 0) is 6.18 Å². The van der Waals surface area contributed by atoms with E-state index in [2.05, 4.69) is 10.6 Å². The van der Waals surface area contributed by atoms with Gasteiger partial charge in [0.15, 0.2) is 5.11 Å². The Kier molecular flexibility index (Phi) is 6.52. The van der Waals surface area contributed by atoms with Crippen molar-refractivity contribution in [1.29, 1.82) is 0 Å². The monoisotopic (exact) mass is 518 g/mol. The predicted molar refractivity (Wildman–Crippen MR) is 104 cm³/mol. The van der Waals surface area contributed by atoms with Crippen molar-refractivity contribution in [2.45, 2.75) is 6.18 Å². The molecule has 2 aromatic carbocycles. The summed E-state index contributed by atoms with van der Waals surface area (Å²) >= 11 is 18.4. The van der Waals surface area contributed by atoms with Crippen molar-refractivity contribution in [2.75, 3.05) is 5.32 Å². The van der Waals surface area contributed by atoms with Crippen molar-refractivity contribution in [3.05, 3.63) is 61.1 Å². The first-order valence-electron chi connectivity index (χ1n) is 6.52. The van der Waals surface area contributed by atoms with Crippen molar-refractivity contribution in [3.8, 4) is 0 Å². The van der Waals surface area contributed by atoms with Crippen molar-refractivity contribution in [2.24, 2.45) is 0 Å². The number of amides is 1. The maximum atomic E-state index is 13.1. The lowest BCUT2D eigenvalue weighted by Crippen LogP contribution is -2.34. The maximum absolute atomic E-state index is 13.1. The first-order chi connectivity index (χ1) is 11.6. The number of alkyl halides is 3. The van der Waals surface area contributed by atoms with E-state index in [-0.39, 0.29) is 26.4 Å². The molecule has 0 aliphatic carbocycles. The molecule has 0 saturated heterocycles. The van der Waals surface area contributed by atoms with Gasteiger partial charge in [-0.25, -0.2) is 0 Å². The fraction of sp³-hybridized carbons (Fsp3) is 0.0667. The number of hydrogen-bond acceptors (Lipinski definition) is 2. The van der Waals surface area contributed by atoms with E-state index in [4.69, 9.17) is 35.4 Å². The molecule has 0 unspecified atom stereocenters. The van der Waals surface area contributed by atoms with Gasteiger partial charge in [0.2, 0.25) is 0 Å². The largest absolute Gasteiger partial charge is 0.418 e. The fourth-order valence-corrected chi connectivity index (χ4v) is 2.92. The Labute approximate surface area is 170 Å². The average Bonchev–Trinajstić information content (AvgIpc) is 2.50. The highest BCUT2D eigenvalue weighted by Crippen LogP contribution is 2.35. The summed E-state index contributed by atoms with van der Waals surface area (Å²) in [4.78, 5) is 12.1. The molecule has 3 nitrogen and oxygen atoms in total. The zero-order chi connectivity index (χ0) is 18.8. The molecule has 2 N–H and O–H groups in total. The number of halogens is 6. The van der Waals surface area contributed by atoms with Crippen molar-refractivity contribution >= 4 is 74.7 Å². The summed E-state index contributed by atoms with van der Waals surface area (Å²) in [5, 5.41) is 4.77. The summed E-state index contributed by atoms with van der Waals surface area (Å²) < 4.78 is 39.7. The third-order valence-electron chi connectivity index (χ3n) is 2.94. The molecule has 2 aromatic rings. The molecule has 0 saturated carbocycles.